The summed E-state index contributed by atoms with van der Waals surface area (Å²) in [6, 6.07) is 13.1. The first-order chi connectivity index (χ1) is 14.9. The lowest BCUT2D eigenvalue weighted by Crippen LogP contribution is -2.25. The number of aliphatic hydroxyl groups is 1. The molecule has 2 atom stereocenters. The molecular weight excluding hydrogens is 416 g/mol. The van der Waals surface area contributed by atoms with Crippen LogP contribution in [0.3, 0.4) is 0 Å². The largest absolute Gasteiger partial charge is 0.495 e. The molecule has 0 unspecified atom stereocenters. The van der Waals surface area contributed by atoms with Crippen LogP contribution in [0, 0.1) is 5.92 Å². The van der Waals surface area contributed by atoms with Gasteiger partial charge in [-0.15, -0.1) is 0 Å². The molecule has 0 aliphatic carbocycles. The van der Waals surface area contributed by atoms with Crippen molar-refractivity contribution in [1.29, 1.82) is 0 Å². The number of hydrogen-bond donors (Lipinski definition) is 1. The van der Waals surface area contributed by atoms with Gasteiger partial charge < -0.3 is 19.6 Å². The van der Waals surface area contributed by atoms with Crippen LogP contribution in [0.15, 0.2) is 48.7 Å². The van der Waals surface area contributed by atoms with E-state index in [1.165, 1.54) is 0 Å². The van der Waals surface area contributed by atoms with Crippen molar-refractivity contribution in [3.8, 4) is 11.4 Å². The summed E-state index contributed by atoms with van der Waals surface area (Å²) >= 11 is 5.96. The first-order valence-corrected chi connectivity index (χ1v) is 10.6. The summed E-state index contributed by atoms with van der Waals surface area (Å²) in [5.74, 6) is 0.752. The van der Waals surface area contributed by atoms with E-state index in [-0.39, 0.29) is 17.9 Å². The fourth-order valence-electron chi connectivity index (χ4n) is 4.25. The van der Waals surface area contributed by atoms with E-state index in [1.807, 2.05) is 43.5 Å². The van der Waals surface area contributed by atoms with Gasteiger partial charge in [-0.3, -0.25) is 4.79 Å². The van der Waals surface area contributed by atoms with E-state index in [2.05, 4.69) is 10.00 Å². The van der Waals surface area contributed by atoms with Gasteiger partial charge in [0.25, 0.3) is 5.91 Å². The van der Waals surface area contributed by atoms with Gasteiger partial charge in [0, 0.05) is 47.5 Å². The fraction of sp³-hybridized carbons (Fsp3) is 0.304. The van der Waals surface area contributed by atoms with Gasteiger partial charge in [0.05, 0.1) is 31.1 Å². The van der Waals surface area contributed by atoms with Crippen LogP contribution in [0.25, 0.3) is 5.69 Å². The van der Waals surface area contributed by atoms with Crippen molar-refractivity contribution in [2.24, 2.45) is 5.92 Å². The van der Waals surface area contributed by atoms with E-state index < -0.39 is 0 Å². The number of fused-ring (bicyclic) bond motifs is 1. The molecule has 0 spiro atoms. The highest BCUT2D eigenvalue weighted by Crippen LogP contribution is 2.37. The molecular formula is C23H23ClN4O3. The summed E-state index contributed by atoms with van der Waals surface area (Å²) in [5.41, 5.74) is 3.86. The van der Waals surface area contributed by atoms with E-state index >= 15 is 0 Å². The van der Waals surface area contributed by atoms with E-state index in [0.29, 0.717) is 29.6 Å². The number of methoxy groups -OCH3 is 1. The molecule has 0 radical (unpaired) electrons. The normalized spacial score (nSPS) is 20.5. The minimum absolute atomic E-state index is 0.136. The number of anilines is 2. The maximum Gasteiger partial charge on any atom is 0.279 e. The molecule has 1 aromatic heterocycles. The van der Waals surface area contributed by atoms with Crippen molar-refractivity contribution in [2.75, 3.05) is 30.0 Å². The number of hydrogen-bond acceptors (Lipinski definition) is 5. The zero-order valence-electron chi connectivity index (χ0n) is 17.3. The number of amides is 1. The number of carbonyl (C=O) groups is 1. The number of β-amino-alcohol motifs (C(OH)–C–C–N with tert-alkyl or cyclic N) is 1. The second-order valence-corrected chi connectivity index (χ2v) is 8.56. The number of aliphatic hydroxyl groups excluding tert-OH is 1. The van der Waals surface area contributed by atoms with E-state index in [1.54, 1.807) is 28.8 Å². The number of halogens is 1. The summed E-state index contributed by atoms with van der Waals surface area (Å²) in [7, 11) is 1.62. The van der Waals surface area contributed by atoms with Gasteiger partial charge in [-0.2, -0.15) is 5.10 Å². The van der Waals surface area contributed by atoms with Crippen molar-refractivity contribution in [2.45, 2.75) is 19.6 Å². The highest BCUT2D eigenvalue weighted by atomic mass is 35.5. The van der Waals surface area contributed by atoms with E-state index in [4.69, 9.17) is 16.3 Å². The number of rotatable bonds is 4. The standard InChI is InChI=1S/C23H23ClN4O3/c1-14-10-26(13-20(14)29)19-8-7-18(9-21(19)31-2)27-11-15-12-28(25-22(15)23(27)30)17-5-3-16(24)4-6-17/h3-9,12,14,20,29H,10-11,13H2,1-2H3/t14-,20-/m0/s1. The van der Waals surface area contributed by atoms with Gasteiger partial charge in [-0.1, -0.05) is 18.5 Å². The molecule has 7 nitrogen and oxygen atoms in total. The molecule has 5 rings (SSSR count). The van der Waals surface area contributed by atoms with E-state index in [9.17, 15) is 9.90 Å². The number of nitrogens with zero attached hydrogens (tertiary/aromatic N) is 4. The second-order valence-electron chi connectivity index (χ2n) is 8.12. The Labute approximate surface area is 185 Å². The molecule has 2 aliphatic rings. The number of benzene rings is 2. The van der Waals surface area contributed by atoms with Gasteiger partial charge in [0.2, 0.25) is 0 Å². The Hall–Kier alpha value is -3.03. The molecule has 160 valence electrons. The Balaban J connectivity index is 1.40. The van der Waals surface area contributed by atoms with Gasteiger partial charge in [0.1, 0.15) is 5.75 Å². The average molecular weight is 439 g/mol. The molecule has 8 heteroatoms. The lowest BCUT2D eigenvalue weighted by molar-refractivity contribution is 0.0991. The summed E-state index contributed by atoms with van der Waals surface area (Å²) < 4.78 is 7.33. The number of aromatic nitrogens is 2. The quantitative estimate of drug-likeness (QED) is 0.675. The molecule has 3 aromatic rings. The molecule has 31 heavy (non-hydrogen) atoms. The highest BCUT2D eigenvalue weighted by Gasteiger charge is 2.34. The van der Waals surface area contributed by atoms with Crippen LogP contribution < -0.4 is 14.5 Å². The van der Waals surface area contributed by atoms with Crippen LogP contribution in [0.2, 0.25) is 5.02 Å². The highest BCUT2D eigenvalue weighted by molar-refractivity contribution is 6.30. The Morgan fingerprint density at radius 2 is 1.87 bits per heavy atom. The molecule has 2 aromatic carbocycles. The Bertz CT molecular complexity index is 1130. The smallest absolute Gasteiger partial charge is 0.279 e. The minimum atomic E-state index is -0.350. The van der Waals surface area contributed by atoms with Crippen LogP contribution in [0.1, 0.15) is 23.0 Å². The maximum atomic E-state index is 13.1. The third-order valence-electron chi connectivity index (χ3n) is 6.05. The fourth-order valence-corrected chi connectivity index (χ4v) is 4.38. The summed E-state index contributed by atoms with van der Waals surface area (Å²) in [4.78, 5) is 16.9. The Morgan fingerprint density at radius 1 is 1.13 bits per heavy atom. The van der Waals surface area contributed by atoms with Crippen molar-refractivity contribution >= 4 is 28.9 Å². The topological polar surface area (TPSA) is 70.8 Å². The third-order valence-corrected chi connectivity index (χ3v) is 6.30. The monoisotopic (exact) mass is 438 g/mol. The maximum absolute atomic E-state index is 13.1. The SMILES string of the molecule is COc1cc(N2Cc3cn(-c4ccc(Cl)cc4)nc3C2=O)ccc1N1C[C@H](C)[C@@H](O)C1. The van der Waals surface area contributed by atoms with Crippen molar-refractivity contribution in [3.63, 3.8) is 0 Å². The molecule has 1 amide bonds. The zero-order valence-corrected chi connectivity index (χ0v) is 18.1. The third kappa shape index (κ3) is 3.43. The van der Waals surface area contributed by atoms with Gasteiger partial charge >= 0.3 is 0 Å². The molecule has 1 saturated heterocycles. The predicted molar refractivity (Wildman–Crippen MR) is 119 cm³/mol. The van der Waals surface area contributed by atoms with Crippen LogP contribution >= 0.6 is 11.6 Å². The first-order valence-electron chi connectivity index (χ1n) is 10.2. The molecule has 3 heterocycles. The van der Waals surface area contributed by atoms with Crippen LogP contribution in [0.4, 0.5) is 11.4 Å². The molecule has 1 N–H and O–H groups in total. The molecule has 2 aliphatic heterocycles. The Kier molecular flexibility index (Phi) is 4.87. The van der Waals surface area contributed by atoms with Crippen molar-refractivity contribution < 1.29 is 14.6 Å². The summed E-state index contributed by atoms with van der Waals surface area (Å²) in [6.07, 6.45) is 1.53. The minimum Gasteiger partial charge on any atom is -0.495 e. The van der Waals surface area contributed by atoms with E-state index in [0.717, 1.165) is 29.2 Å². The average Bonchev–Trinajstić information content (AvgIpc) is 3.43. The molecule has 0 saturated carbocycles. The van der Waals surface area contributed by atoms with Crippen molar-refractivity contribution in [3.05, 3.63) is 64.9 Å². The predicted octanol–water partition coefficient (Wildman–Crippen LogP) is 3.51. The second kappa shape index (κ2) is 7.59. The van der Waals surface area contributed by atoms with Crippen molar-refractivity contribution in [1.82, 2.24) is 9.78 Å². The first kappa shape index (κ1) is 19.9. The lowest BCUT2D eigenvalue weighted by Gasteiger charge is -2.23. The summed E-state index contributed by atoms with van der Waals surface area (Å²) in [6.45, 7) is 3.83. The molecule has 0 bridgehead atoms. The number of carbonyl (C=O) groups excluding carboxylic acids is 1. The zero-order chi connectivity index (χ0) is 21.7. The van der Waals surface area contributed by atoms with Gasteiger partial charge in [0.15, 0.2) is 5.69 Å². The van der Waals surface area contributed by atoms with Crippen LogP contribution in [-0.2, 0) is 6.54 Å². The van der Waals surface area contributed by atoms with Gasteiger partial charge in [-0.25, -0.2) is 4.68 Å². The van der Waals surface area contributed by atoms with Gasteiger partial charge in [-0.05, 0) is 36.4 Å². The lowest BCUT2D eigenvalue weighted by atomic mass is 10.1. The Morgan fingerprint density at radius 3 is 2.52 bits per heavy atom. The molecule has 1 fully saturated rings. The summed E-state index contributed by atoms with van der Waals surface area (Å²) in [5, 5.41) is 15.3. The number of ether oxygens (including phenoxy) is 1. The van der Waals surface area contributed by atoms with Crippen LogP contribution in [0.5, 0.6) is 5.75 Å². The van der Waals surface area contributed by atoms with Crippen LogP contribution in [-0.4, -0.2) is 47.1 Å².